The normalized spacial score (nSPS) is 22.4. The van der Waals surface area contributed by atoms with Crippen LogP contribution in [0.5, 0.6) is 5.75 Å². The van der Waals surface area contributed by atoms with Crippen LogP contribution >= 0.6 is 0 Å². The number of hydrogen-bond donors (Lipinski definition) is 2. The third kappa shape index (κ3) is 5.80. The number of aromatic nitrogens is 1. The molecule has 2 N–H and O–H groups in total. The standard InChI is InChI=1S/C20H26N2O5/c1-2-20(24)21-12-19-18(23)9-8-16(26-19)10-14-11-17(27-22-14)13-25-15-6-4-3-5-7-15/h3-7,11,16,18-19,23H,2,8-10,12-13H2,1H3,(H,21,24)/t16-,18-,19+/m0/s1. The minimum atomic E-state index is -0.564. The van der Waals surface area contributed by atoms with Crippen LogP contribution in [0.3, 0.4) is 0 Å². The Bertz CT molecular complexity index is 718. The van der Waals surface area contributed by atoms with Crippen LogP contribution in [0.4, 0.5) is 0 Å². The molecule has 0 spiro atoms. The summed E-state index contributed by atoms with van der Waals surface area (Å²) in [4.78, 5) is 11.4. The van der Waals surface area contributed by atoms with Gasteiger partial charge in [0.1, 0.15) is 18.5 Å². The average molecular weight is 374 g/mol. The SMILES string of the molecule is CCC(=O)NC[C@H]1O[C@H](Cc2cc(COc3ccccc3)on2)CC[C@@H]1O. The monoisotopic (exact) mass is 374 g/mol. The fourth-order valence-corrected chi connectivity index (χ4v) is 3.05. The molecule has 1 aromatic carbocycles. The Kier molecular flexibility index (Phi) is 6.84. The Labute approximate surface area is 158 Å². The summed E-state index contributed by atoms with van der Waals surface area (Å²) in [5, 5.41) is 17.0. The number of nitrogens with zero attached hydrogens (tertiary/aromatic N) is 1. The van der Waals surface area contributed by atoms with Crippen molar-refractivity contribution in [2.75, 3.05) is 6.54 Å². The van der Waals surface area contributed by atoms with Gasteiger partial charge in [0.05, 0.1) is 17.9 Å². The number of aliphatic hydroxyl groups excluding tert-OH is 1. The molecule has 7 nitrogen and oxygen atoms in total. The summed E-state index contributed by atoms with van der Waals surface area (Å²) in [6, 6.07) is 11.4. The van der Waals surface area contributed by atoms with Crippen molar-refractivity contribution in [2.24, 2.45) is 0 Å². The van der Waals surface area contributed by atoms with Gasteiger partial charge in [0.2, 0.25) is 5.91 Å². The maximum absolute atomic E-state index is 11.4. The van der Waals surface area contributed by atoms with Crippen molar-refractivity contribution in [1.29, 1.82) is 0 Å². The highest BCUT2D eigenvalue weighted by Gasteiger charge is 2.30. The van der Waals surface area contributed by atoms with Crippen molar-refractivity contribution in [1.82, 2.24) is 10.5 Å². The fourth-order valence-electron chi connectivity index (χ4n) is 3.05. The number of amides is 1. The van der Waals surface area contributed by atoms with E-state index in [1.54, 1.807) is 6.92 Å². The zero-order valence-corrected chi connectivity index (χ0v) is 15.5. The number of para-hydroxylation sites is 1. The Balaban J connectivity index is 1.48. The van der Waals surface area contributed by atoms with Gasteiger partial charge in [0.15, 0.2) is 5.76 Å². The van der Waals surface area contributed by atoms with Crippen molar-refractivity contribution in [3.05, 3.63) is 47.9 Å². The minimum Gasteiger partial charge on any atom is -0.486 e. The summed E-state index contributed by atoms with van der Waals surface area (Å²) < 4.78 is 16.9. The zero-order chi connectivity index (χ0) is 19.1. The number of hydrogen-bond acceptors (Lipinski definition) is 6. The Hall–Kier alpha value is -2.38. The third-order valence-corrected chi connectivity index (χ3v) is 4.57. The van der Waals surface area contributed by atoms with Gasteiger partial charge >= 0.3 is 0 Å². The van der Waals surface area contributed by atoms with Crippen molar-refractivity contribution in [3.8, 4) is 5.75 Å². The summed E-state index contributed by atoms with van der Waals surface area (Å²) in [6.45, 7) is 2.42. The van der Waals surface area contributed by atoms with Gasteiger partial charge in [-0.05, 0) is 25.0 Å². The van der Waals surface area contributed by atoms with E-state index in [2.05, 4.69) is 10.5 Å². The lowest BCUT2D eigenvalue weighted by atomic mass is 9.98. The highest BCUT2D eigenvalue weighted by molar-refractivity contribution is 5.75. The first kappa shape index (κ1) is 19.4. The first-order valence-corrected chi connectivity index (χ1v) is 9.36. The molecule has 1 aliphatic rings. The first-order chi connectivity index (χ1) is 13.1. The molecule has 0 radical (unpaired) electrons. The molecule has 3 rings (SSSR count). The van der Waals surface area contributed by atoms with Gasteiger partial charge in [-0.15, -0.1) is 0 Å². The highest BCUT2D eigenvalue weighted by Crippen LogP contribution is 2.23. The molecular weight excluding hydrogens is 348 g/mol. The average Bonchev–Trinajstić information content (AvgIpc) is 3.14. The van der Waals surface area contributed by atoms with Crippen LogP contribution in [0.2, 0.25) is 0 Å². The molecular formula is C20H26N2O5. The highest BCUT2D eigenvalue weighted by atomic mass is 16.5. The van der Waals surface area contributed by atoms with Crippen LogP contribution in [-0.2, 0) is 22.6 Å². The predicted molar refractivity (Wildman–Crippen MR) is 98.2 cm³/mol. The van der Waals surface area contributed by atoms with Gasteiger partial charge < -0.3 is 24.4 Å². The van der Waals surface area contributed by atoms with Crippen molar-refractivity contribution in [2.45, 2.75) is 57.5 Å². The van der Waals surface area contributed by atoms with E-state index in [0.717, 1.165) is 17.9 Å². The Morgan fingerprint density at radius 1 is 1.33 bits per heavy atom. The van der Waals surface area contributed by atoms with Crippen molar-refractivity contribution < 1.29 is 23.9 Å². The number of rotatable bonds is 8. The third-order valence-electron chi connectivity index (χ3n) is 4.57. The summed E-state index contributed by atoms with van der Waals surface area (Å²) in [5.74, 6) is 1.38. The molecule has 1 fully saturated rings. The molecule has 0 bridgehead atoms. The summed E-state index contributed by atoms with van der Waals surface area (Å²) in [7, 11) is 0. The van der Waals surface area contributed by atoms with Crippen LogP contribution in [0, 0.1) is 0 Å². The molecule has 2 heterocycles. The smallest absolute Gasteiger partial charge is 0.219 e. The number of carbonyl (C=O) groups is 1. The first-order valence-electron chi connectivity index (χ1n) is 9.36. The second-order valence-electron chi connectivity index (χ2n) is 6.69. The molecule has 0 saturated carbocycles. The van der Waals surface area contributed by atoms with Crippen LogP contribution in [0.25, 0.3) is 0 Å². The maximum atomic E-state index is 11.4. The van der Waals surface area contributed by atoms with E-state index >= 15 is 0 Å². The molecule has 1 saturated heterocycles. The summed E-state index contributed by atoms with van der Waals surface area (Å²) in [5.41, 5.74) is 0.791. The predicted octanol–water partition coefficient (Wildman–Crippen LogP) is 2.23. The van der Waals surface area contributed by atoms with E-state index in [-0.39, 0.29) is 12.0 Å². The quantitative estimate of drug-likeness (QED) is 0.736. The van der Waals surface area contributed by atoms with Crippen LogP contribution in [-0.4, -0.2) is 41.0 Å². The molecule has 0 unspecified atom stereocenters. The molecule has 7 heteroatoms. The Morgan fingerprint density at radius 3 is 2.93 bits per heavy atom. The lowest BCUT2D eigenvalue weighted by Gasteiger charge is -2.33. The number of benzene rings is 1. The van der Waals surface area contributed by atoms with Crippen LogP contribution < -0.4 is 10.1 Å². The van der Waals surface area contributed by atoms with Crippen LogP contribution in [0.15, 0.2) is 40.9 Å². The molecule has 3 atom stereocenters. The Morgan fingerprint density at radius 2 is 2.15 bits per heavy atom. The van der Waals surface area contributed by atoms with Crippen molar-refractivity contribution >= 4 is 5.91 Å². The lowest BCUT2D eigenvalue weighted by molar-refractivity contribution is -0.128. The van der Waals surface area contributed by atoms with Crippen molar-refractivity contribution in [3.63, 3.8) is 0 Å². The molecule has 27 heavy (non-hydrogen) atoms. The van der Waals surface area contributed by atoms with E-state index < -0.39 is 12.2 Å². The largest absolute Gasteiger partial charge is 0.486 e. The van der Waals surface area contributed by atoms with E-state index in [0.29, 0.717) is 38.2 Å². The fraction of sp³-hybridized carbons (Fsp3) is 0.500. The maximum Gasteiger partial charge on any atom is 0.219 e. The zero-order valence-electron chi connectivity index (χ0n) is 15.5. The van der Waals surface area contributed by atoms with Gasteiger partial charge in [0.25, 0.3) is 0 Å². The van der Waals surface area contributed by atoms with Crippen LogP contribution in [0.1, 0.15) is 37.6 Å². The molecule has 1 amide bonds. The molecule has 146 valence electrons. The number of aliphatic hydroxyl groups is 1. The van der Waals surface area contributed by atoms with E-state index in [1.165, 1.54) is 0 Å². The molecule has 1 aromatic heterocycles. The number of ether oxygens (including phenoxy) is 2. The van der Waals surface area contributed by atoms with E-state index in [9.17, 15) is 9.90 Å². The van der Waals surface area contributed by atoms with E-state index in [4.69, 9.17) is 14.0 Å². The summed E-state index contributed by atoms with van der Waals surface area (Å²) >= 11 is 0. The second kappa shape index (κ2) is 9.53. The van der Waals surface area contributed by atoms with Gasteiger partial charge in [-0.1, -0.05) is 30.3 Å². The van der Waals surface area contributed by atoms with Gasteiger partial charge in [-0.2, -0.15) is 0 Å². The number of nitrogens with one attached hydrogen (secondary N) is 1. The summed E-state index contributed by atoms with van der Waals surface area (Å²) in [6.07, 6.45) is 1.36. The van der Waals surface area contributed by atoms with Gasteiger partial charge in [0, 0.05) is 25.5 Å². The number of carbonyl (C=O) groups excluding carboxylic acids is 1. The van der Waals surface area contributed by atoms with Gasteiger partial charge in [-0.25, -0.2) is 0 Å². The van der Waals surface area contributed by atoms with Gasteiger partial charge in [-0.3, -0.25) is 4.79 Å². The topological polar surface area (TPSA) is 93.8 Å². The van der Waals surface area contributed by atoms with E-state index in [1.807, 2.05) is 36.4 Å². The molecule has 1 aliphatic heterocycles. The minimum absolute atomic E-state index is 0.0486. The lowest BCUT2D eigenvalue weighted by Crippen LogP contribution is -2.46. The molecule has 0 aliphatic carbocycles. The second-order valence-corrected chi connectivity index (χ2v) is 6.69. The molecule has 2 aromatic rings.